The van der Waals surface area contributed by atoms with Crippen molar-refractivity contribution in [3.8, 4) is 5.75 Å². The van der Waals surface area contributed by atoms with Crippen LogP contribution in [0.25, 0.3) is 0 Å². The number of rotatable bonds is 10. The van der Waals surface area contributed by atoms with E-state index in [4.69, 9.17) is 14.9 Å². The minimum atomic E-state index is -1.41. The van der Waals surface area contributed by atoms with Crippen LogP contribution < -0.4 is 10.1 Å². The summed E-state index contributed by atoms with van der Waals surface area (Å²) in [5, 5.41) is 20.5. The lowest BCUT2D eigenvalue weighted by molar-refractivity contribution is -0.146. The van der Waals surface area contributed by atoms with Gasteiger partial charge >= 0.3 is 12.0 Å². The van der Waals surface area contributed by atoms with Crippen LogP contribution in [0.1, 0.15) is 49.5 Å². The second kappa shape index (κ2) is 16.5. The summed E-state index contributed by atoms with van der Waals surface area (Å²) in [5.41, 5.74) is 2.36. The molecule has 4 rings (SSSR count). The molecule has 1 fully saturated rings. The van der Waals surface area contributed by atoms with Crippen LogP contribution >= 0.6 is 0 Å². The average molecular weight is 580 g/mol. The zero-order valence-corrected chi connectivity index (χ0v) is 24.6. The van der Waals surface area contributed by atoms with Crippen molar-refractivity contribution < 1.29 is 28.9 Å². The highest BCUT2D eigenvalue weighted by Gasteiger charge is 2.27. The van der Waals surface area contributed by atoms with Gasteiger partial charge < -0.3 is 30.1 Å². The maximum atomic E-state index is 13.3. The third-order valence-electron chi connectivity index (χ3n) is 6.96. The molecule has 0 bridgehead atoms. The smallest absolute Gasteiger partial charge is 0.337 e. The zero-order valence-electron chi connectivity index (χ0n) is 24.6. The molecule has 0 spiro atoms. The summed E-state index contributed by atoms with van der Waals surface area (Å²) in [7, 11) is 2.11. The number of amides is 2. The molecule has 1 aliphatic heterocycles. The molecule has 0 aliphatic carbocycles. The molecule has 9 heteroatoms. The standard InChI is InChI=1S/C25H34FN3O2.C8H8O3/c1-19(2)18-31-24-10-6-20(7-11-24)16-27-25(30)29(23-12-14-28(3)15-13-23)17-21-4-8-22(26)9-5-21;9-7(8(10)11)6-4-2-1-3-5-6/h4-11,19,23H,12-18H2,1-3H3,(H,27,30);1-5,7,9H,(H,10,11). The van der Waals surface area contributed by atoms with E-state index in [2.05, 4.69) is 31.1 Å². The minimum Gasteiger partial charge on any atom is -0.493 e. The van der Waals surface area contributed by atoms with Crippen LogP contribution in [0.3, 0.4) is 0 Å². The number of likely N-dealkylation sites (tertiary alicyclic amines) is 1. The highest BCUT2D eigenvalue weighted by molar-refractivity contribution is 5.74. The second-order valence-corrected chi connectivity index (χ2v) is 10.9. The van der Waals surface area contributed by atoms with E-state index >= 15 is 0 Å². The number of ether oxygens (including phenoxy) is 1. The Morgan fingerprint density at radius 2 is 1.57 bits per heavy atom. The lowest BCUT2D eigenvalue weighted by Crippen LogP contribution is -2.49. The molecule has 1 aliphatic rings. The molecule has 3 aromatic rings. The van der Waals surface area contributed by atoms with Gasteiger partial charge in [0.1, 0.15) is 11.6 Å². The number of aliphatic hydroxyl groups excluding tert-OH is 1. The van der Waals surface area contributed by atoms with Gasteiger partial charge in [-0.1, -0.05) is 68.4 Å². The van der Waals surface area contributed by atoms with E-state index in [1.165, 1.54) is 12.1 Å². The van der Waals surface area contributed by atoms with Crippen molar-refractivity contribution in [3.63, 3.8) is 0 Å². The summed E-state index contributed by atoms with van der Waals surface area (Å²) in [6.07, 6.45) is 0.469. The monoisotopic (exact) mass is 579 g/mol. The van der Waals surface area contributed by atoms with Gasteiger partial charge in [0.25, 0.3) is 0 Å². The molecule has 1 heterocycles. The van der Waals surface area contributed by atoms with Crippen molar-refractivity contribution in [2.45, 2.75) is 51.9 Å². The SMILES string of the molecule is CC(C)COc1ccc(CNC(=O)N(Cc2ccc(F)cc2)C2CCN(C)CC2)cc1.O=C(O)C(O)c1ccccc1. The van der Waals surface area contributed by atoms with Crippen molar-refractivity contribution in [1.82, 2.24) is 15.1 Å². The topological polar surface area (TPSA) is 102 Å². The number of benzene rings is 3. The second-order valence-electron chi connectivity index (χ2n) is 10.9. The normalized spacial score (nSPS) is 14.4. The van der Waals surface area contributed by atoms with Gasteiger partial charge in [-0.25, -0.2) is 14.0 Å². The van der Waals surface area contributed by atoms with Crippen LogP contribution in [0.4, 0.5) is 9.18 Å². The van der Waals surface area contributed by atoms with Crippen LogP contribution in [-0.2, 0) is 17.9 Å². The van der Waals surface area contributed by atoms with E-state index in [1.54, 1.807) is 42.5 Å². The summed E-state index contributed by atoms with van der Waals surface area (Å²) in [6, 6.07) is 22.6. The third-order valence-corrected chi connectivity index (χ3v) is 6.96. The van der Waals surface area contributed by atoms with E-state index in [1.807, 2.05) is 29.2 Å². The number of aliphatic hydroxyl groups is 1. The number of hydrogen-bond donors (Lipinski definition) is 3. The van der Waals surface area contributed by atoms with Crippen molar-refractivity contribution in [3.05, 3.63) is 101 Å². The Hall–Kier alpha value is -3.95. The zero-order chi connectivity index (χ0) is 30.5. The van der Waals surface area contributed by atoms with Gasteiger partial charge in [-0.2, -0.15) is 0 Å². The third kappa shape index (κ3) is 10.8. The fraction of sp³-hybridized carbons (Fsp3) is 0.394. The first kappa shape index (κ1) is 32.6. The van der Waals surface area contributed by atoms with Gasteiger partial charge in [-0.3, -0.25) is 0 Å². The number of carbonyl (C=O) groups is 2. The van der Waals surface area contributed by atoms with Crippen LogP contribution in [-0.4, -0.2) is 64.8 Å². The van der Waals surface area contributed by atoms with Gasteiger partial charge in [0, 0.05) is 19.1 Å². The van der Waals surface area contributed by atoms with Gasteiger partial charge in [-0.05, 0) is 79.9 Å². The van der Waals surface area contributed by atoms with E-state index in [0.29, 0.717) is 31.2 Å². The predicted molar refractivity (Wildman–Crippen MR) is 161 cm³/mol. The van der Waals surface area contributed by atoms with Gasteiger partial charge in [0.2, 0.25) is 0 Å². The fourth-order valence-electron chi connectivity index (χ4n) is 4.48. The molecule has 2 amide bonds. The van der Waals surface area contributed by atoms with Crippen LogP contribution in [0.5, 0.6) is 5.75 Å². The highest BCUT2D eigenvalue weighted by Crippen LogP contribution is 2.20. The molecular formula is C33H42FN3O5. The summed E-state index contributed by atoms with van der Waals surface area (Å²) < 4.78 is 19.0. The molecule has 42 heavy (non-hydrogen) atoms. The number of halogens is 1. The van der Waals surface area contributed by atoms with E-state index < -0.39 is 12.1 Å². The lowest BCUT2D eigenvalue weighted by atomic mass is 10.0. The highest BCUT2D eigenvalue weighted by atomic mass is 19.1. The first-order valence-electron chi connectivity index (χ1n) is 14.3. The van der Waals surface area contributed by atoms with E-state index in [-0.39, 0.29) is 17.9 Å². The number of piperidine rings is 1. The Kier molecular flexibility index (Phi) is 12.8. The molecule has 1 unspecified atom stereocenters. The Morgan fingerprint density at radius 1 is 0.976 bits per heavy atom. The number of nitrogens with zero attached hydrogens (tertiary/aromatic N) is 2. The van der Waals surface area contributed by atoms with Crippen molar-refractivity contribution in [2.24, 2.45) is 5.92 Å². The number of carboxylic acids is 1. The molecule has 3 N–H and O–H groups in total. The number of hydrogen-bond acceptors (Lipinski definition) is 5. The van der Waals surface area contributed by atoms with Crippen LogP contribution in [0, 0.1) is 11.7 Å². The molecule has 0 saturated carbocycles. The van der Waals surface area contributed by atoms with Crippen molar-refractivity contribution >= 4 is 12.0 Å². The lowest BCUT2D eigenvalue weighted by Gasteiger charge is -2.37. The molecule has 1 atom stereocenters. The largest absolute Gasteiger partial charge is 0.493 e. The molecule has 226 valence electrons. The van der Waals surface area contributed by atoms with Crippen LogP contribution in [0.2, 0.25) is 0 Å². The van der Waals surface area contributed by atoms with E-state index in [9.17, 15) is 14.0 Å². The van der Waals surface area contributed by atoms with Crippen LogP contribution in [0.15, 0.2) is 78.9 Å². The Balaban J connectivity index is 0.000000369. The first-order valence-corrected chi connectivity index (χ1v) is 14.3. The molecule has 3 aromatic carbocycles. The number of carbonyl (C=O) groups excluding carboxylic acids is 1. The summed E-state index contributed by atoms with van der Waals surface area (Å²) in [6.45, 7) is 7.78. The minimum absolute atomic E-state index is 0.0842. The molecule has 1 saturated heterocycles. The number of urea groups is 1. The predicted octanol–water partition coefficient (Wildman–Crippen LogP) is 5.47. The van der Waals surface area contributed by atoms with E-state index in [0.717, 1.165) is 42.8 Å². The fourth-order valence-corrected chi connectivity index (χ4v) is 4.48. The number of nitrogens with one attached hydrogen (secondary N) is 1. The molecular weight excluding hydrogens is 537 g/mol. The van der Waals surface area contributed by atoms with Crippen molar-refractivity contribution in [1.29, 1.82) is 0 Å². The quantitative estimate of drug-likeness (QED) is 0.294. The molecule has 0 radical (unpaired) electrons. The number of carboxylic acid groups (broad SMARTS) is 1. The van der Waals surface area contributed by atoms with Gasteiger partial charge in [0.05, 0.1) is 6.61 Å². The summed E-state index contributed by atoms with van der Waals surface area (Å²) >= 11 is 0. The molecule has 8 nitrogen and oxygen atoms in total. The maximum Gasteiger partial charge on any atom is 0.337 e. The maximum absolute atomic E-state index is 13.3. The average Bonchev–Trinajstić information content (AvgIpc) is 3.00. The Labute approximate surface area is 247 Å². The summed E-state index contributed by atoms with van der Waals surface area (Å²) in [5.74, 6) is -0.172. The Bertz CT molecular complexity index is 1230. The number of aliphatic carboxylic acids is 1. The summed E-state index contributed by atoms with van der Waals surface area (Å²) in [4.78, 5) is 27.6. The van der Waals surface area contributed by atoms with Gasteiger partial charge in [0.15, 0.2) is 6.10 Å². The van der Waals surface area contributed by atoms with Gasteiger partial charge in [-0.15, -0.1) is 0 Å². The van der Waals surface area contributed by atoms with Crippen molar-refractivity contribution in [2.75, 3.05) is 26.7 Å². The first-order chi connectivity index (χ1) is 20.1. The molecule has 0 aromatic heterocycles. The Morgan fingerprint density at radius 3 is 2.14 bits per heavy atom.